The largest absolute Gasteiger partial charge is 0.347 e. The summed E-state index contributed by atoms with van der Waals surface area (Å²) in [6, 6.07) is 9.58. The van der Waals surface area contributed by atoms with Crippen LogP contribution in [-0.4, -0.2) is 40.7 Å². The number of carbonyl (C=O) groups is 2. The maximum Gasteiger partial charge on any atom is 0.270 e. The molecule has 2 aliphatic rings. The third-order valence-electron chi connectivity index (χ3n) is 5.47. The van der Waals surface area contributed by atoms with Crippen molar-refractivity contribution in [3.63, 3.8) is 0 Å². The average Bonchev–Trinajstić information content (AvgIpc) is 3.31. The van der Waals surface area contributed by atoms with Crippen molar-refractivity contribution in [2.24, 2.45) is 0 Å². The second-order valence-corrected chi connectivity index (χ2v) is 8.45. The van der Waals surface area contributed by atoms with Crippen LogP contribution in [0.2, 0.25) is 0 Å². The number of hydrogen-bond donors (Lipinski definition) is 1. The molecule has 8 heteroatoms. The average molecular weight is 413 g/mol. The van der Waals surface area contributed by atoms with E-state index in [-0.39, 0.29) is 37.7 Å². The van der Waals surface area contributed by atoms with Gasteiger partial charge in [-0.15, -0.1) is 11.3 Å². The minimum Gasteiger partial charge on any atom is -0.347 e. The Bertz CT molecular complexity index is 1150. The molecule has 2 aromatic heterocycles. The van der Waals surface area contributed by atoms with E-state index in [0.717, 1.165) is 26.8 Å². The van der Waals surface area contributed by atoms with E-state index in [0.29, 0.717) is 17.1 Å². The lowest BCUT2D eigenvalue weighted by atomic mass is 10.0. The Morgan fingerprint density at radius 1 is 1.21 bits per heavy atom. The Kier molecular flexibility index (Phi) is 4.13. The minimum atomic E-state index is -2.68. The summed E-state index contributed by atoms with van der Waals surface area (Å²) >= 11 is 1.37. The van der Waals surface area contributed by atoms with E-state index in [1.807, 2.05) is 30.3 Å². The summed E-state index contributed by atoms with van der Waals surface area (Å²) in [7, 11) is 0. The van der Waals surface area contributed by atoms with Gasteiger partial charge in [-0.3, -0.25) is 14.6 Å². The maximum absolute atomic E-state index is 13.4. The number of benzene rings is 1. The zero-order valence-corrected chi connectivity index (χ0v) is 16.2. The van der Waals surface area contributed by atoms with Crippen molar-refractivity contribution in [2.45, 2.75) is 25.3 Å². The van der Waals surface area contributed by atoms with Crippen molar-refractivity contribution >= 4 is 33.2 Å². The predicted octanol–water partition coefficient (Wildman–Crippen LogP) is 4.08. The number of carbonyl (C=O) groups excluding carboxylic acids is 2. The van der Waals surface area contributed by atoms with Crippen molar-refractivity contribution in [1.82, 2.24) is 15.2 Å². The van der Waals surface area contributed by atoms with Gasteiger partial charge in [0.1, 0.15) is 5.69 Å². The summed E-state index contributed by atoms with van der Waals surface area (Å²) in [5, 5.41) is 3.68. The number of aromatic nitrogens is 1. The number of likely N-dealkylation sites (tertiary alicyclic amines) is 1. The van der Waals surface area contributed by atoms with Gasteiger partial charge in [0, 0.05) is 60.1 Å². The molecule has 148 valence electrons. The molecule has 5 nitrogen and oxygen atoms in total. The highest BCUT2D eigenvalue weighted by molar-refractivity contribution is 7.21. The van der Waals surface area contributed by atoms with Gasteiger partial charge in [-0.1, -0.05) is 18.2 Å². The van der Waals surface area contributed by atoms with Gasteiger partial charge in [-0.05, 0) is 17.5 Å². The normalized spacial score (nSPS) is 18.0. The van der Waals surface area contributed by atoms with Gasteiger partial charge in [-0.25, -0.2) is 8.78 Å². The van der Waals surface area contributed by atoms with Gasteiger partial charge in [0.15, 0.2) is 0 Å². The highest BCUT2D eigenvalue weighted by atomic mass is 32.1. The van der Waals surface area contributed by atoms with E-state index < -0.39 is 5.92 Å². The molecule has 1 fully saturated rings. The predicted molar refractivity (Wildman–Crippen MR) is 106 cm³/mol. The molecule has 5 rings (SSSR count). The Labute approximate surface area is 169 Å². The number of amides is 2. The number of pyridine rings is 1. The SMILES string of the molecule is O=C1NCc2cc(-c3cccc4cc(C(=O)N5CCC(F)(F)CC5)sc34)cnc21. The highest BCUT2D eigenvalue weighted by Gasteiger charge is 2.36. The number of thiophene rings is 1. The molecule has 0 saturated carbocycles. The van der Waals surface area contributed by atoms with Gasteiger partial charge in [0.2, 0.25) is 0 Å². The number of halogens is 2. The van der Waals surface area contributed by atoms with Gasteiger partial charge < -0.3 is 10.2 Å². The summed E-state index contributed by atoms with van der Waals surface area (Å²) in [6.45, 7) is 0.601. The summed E-state index contributed by atoms with van der Waals surface area (Å²) in [6.07, 6.45) is 1.09. The molecular formula is C21H17F2N3O2S. The van der Waals surface area contributed by atoms with Crippen LogP contribution in [-0.2, 0) is 6.54 Å². The molecule has 0 atom stereocenters. The number of rotatable bonds is 2. The van der Waals surface area contributed by atoms with Crippen molar-refractivity contribution in [1.29, 1.82) is 0 Å². The summed E-state index contributed by atoms with van der Waals surface area (Å²) in [4.78, 5) is 30.9. The van der Waals surface area contributed by atoms with E-state index >= 15 is 0 Å². The van der Waals surface area contributed by atoms with Crippen LogP contribution in [0, 0.1) is 0 Å². The van der Waals surface area contributed by atoms with E-state index in [4.69, 9.17) is 0 Å². The van der Waals surface area contributed by atoms with Crippen molar-refractivity contribution in [3.8, 4) is 11.1 Å². The quantitative estimate of drug-likeness (QED) is 0.689. The fraction of sp³-hybridized carbons (Fsp3) is 0.286. The van der Waals surface area contributed by atoms with Gasteiger partial charge in [0.05, 0.1) is 4.88 Å². The first-order valence-electron chi connectivity index (χ1n) is 9.38. The molecule has 1 saturated heterocycles. The zero-order valence-electron chi connectivity index (χ0n) is 15.4. The van der Waals surface area contributed by atoms with Crippen LogP contribution < -0.4 is 5.32 Å². The lowest BCUT2D eigenvalue weighted by Gasteiger charge is -2.31. The van der Waals surface area contributed by atoms with E-state index in [9.17, 15) is 18.4 Å². The van der Waals surface area contributed by atoms with Gasteiger partial charge in [0.25, 0.3) is 17.7 Å². The summed E-state index contributed by atoms with van der Waals surface area (Å²) < 4.78 is 27.7. The maximum atomic E-state index is 13.4. The molecule has 0 radical (unpaired) electrons. The van der Waals surface area contributed by atoms with Crippen molar-refractivity contribution < 1.29 is 18.4 Å². The van der Waals surface area contributed by atoms with E-state index in [1.54, 1.807) is 6.20 Å². The molecule has 4 heterocycles. The topological polar surface area (TPSA) is 62.3 Å². The molecule has 2 amide bonds. The second kappa shape index (κ2) is 6.59. The van der Waals surface area contributed by atoms with Crippen LogP contribution in [0.3, 0.4) is 0 Å². The standard InChI is InChI=1S/C21H17F2N3O2S/c22-21(23)4-6-26(7-5-21)20(28)16-9-12-2-1-3-15(18(12)29-16)13-8-14-11-25-19(27)17(14)24-10-13/h1-3,8-10H,4-7,11H2,(H,25,27). The smallest absolute Gasteiger partial charge is 0.270 e. The molecule has 1 N–H and O–H groups in total. The molecule has 3 aromatic rings. The Hall–Kier alpha value is -2.87. The Morgan fingerprint density at radius 3 is 2.79 bits per heavy atom. The van der Waals surface area contributed by atoms with Crippen molar-refractivity contribution in [3.05, 3.63) is 52.7 Å². The molecule has 0 bridgehead atoms. The lowest BCUT2D eigenvalue weighted by molar-refractivity contribution is -0.0493. The first kappa shape index (κ1) is 18.2. The number of piperidine rings is 1. The van der Waals surface area contributed by atoms with Crippen LogP contribution in [0.4, 0.5) is 8.78 Å². The van der Waals surface area contributed by atoms with Gasteiger partial charge in [-0.2, -0.15) is 0 Å². The number of hydrogen-bond acceptors (Lipinski definition) is 4. The zero-order chi connectivity index (χ0) is 20.2. The van der Waals surface area contributed by atoms with Crippen LogP contribution in [0.1, 0.15) is 38.6 Å². The minimum absolute atomic E-state index is 0.0721. The molecule has 0 unspecified atom stereocenters. The first-order valence-corrected chi connectivity index (χ1v) is 10.2. The molecule has 0 aliphatic carbocycles. The second-order valence-electron chi connectivity index (χ2n) is 7.40. The molecule has 29 heavy (non-hydrogen) atoms. The fourth-order valence-electron chi connectivity index (χ4n) is 3.84. The van der Waals surface area contributed by atoms with Gasteiger partial charge >= 0.3 is 0 Å². The van der Waals surface area contributed by atoms with Crippen molar-refractivity contribution in [2.75, 3.05) is 13.1 Å². The Morgan fingerprint density at radius 2 is 2.00 bits per heavy atom. The van der Waals surface area contributed by atoms with Crippen LogP contribution >= 0.6 is 11.3 Å². The number of alkyl halides is 2. The summed E-state index contributed by atoms with van der Waals surface area (Å²) in [5.41, 5.74) is 3.12. The highest BCUT2D eigenvalue weighted by Crippen LogP contribution is 2.37. The molecular weight excluding hydrogens is 396 g/mol. The number of nitrogens with zero attached hydrogens (tertiary/aromatic N) is 2. The lowest BCUT2D eigenvalue weighted by Crippen LogP contribution is -2.42. The first-order chi connectivity index (χ1) is 13.9. The summed E-state index contributed by atoms with van der Waals surface area (Å²) in [5.74, 6) is -3.05. The number of nitrogens with one attached hydrogen (secondary N) is 1. The monoisotopic (exact) mass is 413 g/mol. The Balaban J connectivity index is 1.49. The fourth-order valence-corrected chi connectivity index (χ4v) is 5.01. The molecule has 1 aromatic carbocycles. The number of fused-ring (bicyclic) bond motifs is 2. The molecule has 0 spiro atoms. The third-order valence-corrected chi connectivity index (χ3v) is 6.64. The molecule has 2 aliphatic heterocycles. The van der Waals surface area contributed by atoms with E-state index in [1.165, 1.54) is 16.2 Å². The third kappa shape index (κ3) is 3.17. The van der Waals surface area contributed by atoms with E-state index in [2.05, 4.69) is 10.3 Å². The van der Waals surface area contributed by atoms with Crippen LogP contribution in [0.5, 0.6) is 0 Å². The van der Waals surface area contributed by atoms with Crippen LogP contribution in [0.25, 0.3) is 21.2 Å². The van der Waals surface area contributed by atoms with Crippen LogP contribution in [0.15, 0.2) is 36.5 Å².